The highest BCUT2D eigenvalue weighted by molar-refractivity contribution is 6.31. The predicted molar refractivity (Wildman–Crippen MR) is 119 cm³/mol. The van der Waals surface area contributed by atoms with Crippen LogP contribution in [-0.4, -0.2) is 72.1 Å². The Morgan fingerprint density at radius 1 is 1.16 bits per heavy atom. The first-order valence-electron chi connectivity index (χ1n) is 10.5. The lowest BCUT2D eigenvalue weighted by atomic mass is 10.1. The molecule has 0 saturated carbocycles. The van der Waals surface area contributed by atoms with E-state index in [0.717, 1.165) is 0 Å². The summed E-state index contributed by atoms with van der Waals surface area (Å²) in [5.41, 5.74) is -0.606. The van der Waals surface area contributed by atoms with Crippen LogP contribution in [0.2, 0.25) is 0 Å². The summed E-state index contributed by atoms with van der Waals surface area (Å²) in [6.07, 6.45) is 5.25. The number of alkyl carbamates (subject to hydrolysis) is 1. The number of quaternary nitrogens is 1. The highest BCUT2D eigenvalue weighted by Crippen LogP contribution is 2.28. The van der Waals surface area contributed by atoms with Crippen LogP contribution < -0.4 is 5.32 Å². The highest BCUT2D eigenvalue weighted by atomic mass is 35.5. The number of amides is 1. The molecule has 1 heterocycles. The molecule has 1 N–H and O–H groups in total. The molecule has 0 fully saturated rings. The van der Waals surface area contributed by atoms with E-state index in [9.17, 15) is 14.4 Å². The number of carbonyl (C=O) groups excluding carboxylic acids is 3. The molecule has 31 heavy (non-hydrogen) atoms. The number of aliphatic imine (C=N–C) groups is 1. The van der Waals surface area contributed by atoms with Crippen molar-refractivity contribution in [2.75, 3.05) is 26.2 Å². The number of halogens is 1. The van der Waals surface area contributed by atoms with Gasteiger partial charge in [0.05, 0.1) is 32.5 Å². The molecule has 0 bridgehead atoms. The van der Waals surface area contributed by atoms with Gasteiger partial charge in [-0.2, -0.15) is 4.99 Å². The molecule has 1 aliphatic carbocycles. The molecule has 1 aliphatic heterocycles. The van der Waals surface area contributed by atoms with E-state index in [2.05, 4.69) is 5.32 Å². The van der Waals surface area contributed by atoms with Crippen molar-refractivity contribution in [3.63, 3.8) is 0 Å². The third-order valence-corrected chi connectivity index (χ3v) is 5.26. The maximum Gasteiger partial charge on any atom is 0.407 e. The van der Waals surface area contributed by atoms with Gasteiger partial charge < -0.3 is 14.8 Å². The van der Waals surface area contributed by atoms with Crippen molar-refractivity contribution in [3.05, 3.63) is 23.3 Å². The molecule has 2 unspecified atom stereocenters. The van der Waals surface area contributed by atoms with Crippen molar-refractivity contribution in [3.8, 4) is 0 Å². The van der Waals surface area contributed by atoms with Crippen molar-refractivity contribution < 1.29 is 28.3 Å². The smallest absolute Gasteiger partial charge is 0.407 e. The molecule has 9 heteroatoms. The number of hydrogen-bond acceptors (Lipinski definition) is 6. The summed E-state index contributed by atoms with van der Waals surface area (Å²) in [4.78, 5) is 40.4. The second kappa shape index (κ2) is 10.4. The van der Waals surface area contributed by atoms with E-state index in [4.69, 9.17) is 26.1 Å². The molecule has 2 atom stereocenters. The molecule has 0 radical (unpaired) electrons. The minimum atomic E-state index is -0.606. The quantitative estimate of drug-likeness (QED) is 0.540. The number of ether oxygens (including phenoxy) is 2. The number of amidine groups is 1. The highest BCUT2D eigenvalue weighted by Gasteiger charge is 2.44. The number of nitrogens with one attached hydrogen (secondary N) is 1. The minimum Gasteiger partial charge on any atom is -0.444 e. The molecule has 1 amide bonds. The van der Waals surface area contributed by atoms with Crippen LogP contribution in [0.15, 0.2) is 28.3 Å². The largest absolute Gasteiger partial charge is 0.444 e. The van der Waals surface area contributed by atoms with E-state index in [1.54, 1.807) is 26.8 Å². The summed E-state index contributed by atoms with van der Waals surface area (Å²) in [5, 5.41) is 3.35. The van der Waals surface area contributed by atoms with Crippen molar-refractivity contribution in [1.29, 1.82) is 0 Å². The normalized spacial score (nSPS) is 20.3. The Morgan fingerprint density at radius 3 is 2.32 bits per heavy atom. The molecule has 0 aromatic carbocycles. The van der Waals surface area contributed by atoms with Crippen LogP contribution in [-0.2, 0) is 19.1 Å². The number of nitrogens with zero attached hydrogens (tertiary/aromatic N) is 2. The van der Waals surface area contributed by atoms with E-state index in [-0.39, 0.29) is 34.7 Å². The second-order valence-electron chi connectivity index (χ2n) is 9.04. The lowest BCUT2D eigenvalue weighted by Gasteiger charge is -2.36. The Balaban J connectivity index is 2.24. The fourth-order valence-electron chi connectivity index (χ4n) is 3.40. The van der Waals surface area contributed by atoms with Gasteiger partial charge in [-0.05, 0) is 52.8 Å². The summed E-state index contributed by atoms with van der Waals surface area (Å²) in [5.74, 6) is 0.0635. The average molecular weight is 455 g/mol. The topological polar surface area (TPSA) is 94.1 Å². The summed E-state index contributed by atoms with van der Waals surface area (Å²) in [6, 6.07) is 0.203. The van der Waals surface area contributed by atoms with Gasteiger partial charge in [-0.3, -0.25) is 9.59 Å². The van der Waals surface area contributed by atoms with Gasteiger partial charge in [-0.25, -0.2) is 9.28 Å². The van der Waals surface area contributed by atoms with Gasteiger partial charge in [-0.15, -0.1) is 0 Å². The number of carbonyl (C=O) groups is 3. The fraction of sp³-hybridized carbons (Fsp3) is 0.636. The van der Waals surface area contributed by atoms with Gasteiger partial charge in [0.2, 0.25) is 0 Å². The fourth-order valence-corrected chi connectivity index (χ4v) is 3.60. The van der Waals surface area contributed by atoms with E-state index in [1.807, 2.05) is 12.2 Å². The molecule has 0 spiro atoms. The Morgan fingerprint density at radius 2 is 1.77 bits per heavy atom. The summed E-state index contributed by atoms with van der Waals surface area (Å²) >= 11 is 6.12. The lowest BCUT2D eigenvalue weighted by molar-refractivity contribution is -0.848. The van der Waals surface area contributed by atoms with E-state index < -0.39 is 11.7 Å². The third-order valence-electron chi connectivity index (χ3n) is 5.01. The maximum atomic E-state index is 12.1. The molecule has 8 nitrogen and oxygen atoms in total. The predicted octanol–water partition coefficient (Wildman–Crippen LogP) is 3.10. The number of ketones is 2. The standard InChI is InChI=1S/C22H32ClN3O5/c1-15(27)8-11-26(12-9-16(2)28,13-10-24-21(29)31-22(3,4)5)20-25-18-14-17(23)6-7-19(18)30-20/h6-7,14,18-19H,8-13H2,1-5H3/p+1. The summed E-state index contributed by atoms with van der Waals surface area (Å²) in [7, 11) is 0. The number of rotatable bonds is 9. The number of hydrogen-bond donors (Lipinski definition) is 1. The zero-order valence-electron chi connectivity index (χ0n) is 18.9. The lowest BCUT2D eigenvalue weighted by Crippen LogP contribution is -2.58. The number of Topliss-reactive ketones (excluding diaryl/α,β-unsaturated/α-hetero) is 2. The Kier molecular flexibility index (Phi) is 8.42. The monoisotopic (exact) mass is 454 g/mol. The Bertz CT molecular complexity index is 779. The molecule has 0 saturated heterocycles. The van der Waals surface area contributed by atoms with Gasteiger partial charge >= 0.3 is 12.1 Å². The molecule has 0 aromatic rings. The SMILES string of the molecule is CC(=O)CC[N+](CCNC(=O)OC(C)(C)C)(CCC(C)=O)C1=NC2C=C(Cl)C=CC2O1. The molecule has 0 aromatic heterocycles. The van der Waals surface area contributed by atoms with Gasteiger partial charge in [-0.1, -0.05) is 11.6 Å². The van der Waals surface area contributed by atoms with Gasteiger partial charge in [0.25, 0.3) is 0 Å². The molecule has 172 valence electrons. The zero-order valence-corrected chi connectivity index (χ0v) is 19.7. The Labute approximate surface area is 188 Å². The van der Waals surface area contributed by atoms with Crippen molar-refractivity contribution in [2.24, 2.45) is 4.99 Å². The van der Waals surface area contributed by atoms with Gasteiger partial charge in [0, 0.05) is 5.03 Å². The number of fused-ring (bicyclic) bond motifs is 1. The van der Waals surface area contributed by atoms with Crippen LogP contribution in [0.4, 0.5) is 4.79 Å². The summed E-state index contributed by atoms with van der Waals surface area (Å²) in [6.45, 7) is 9.94. The first-order valence-corrected chi connectivity index (χ1v) is 10.9. The summed E-state index contributed by atoms with van der Waals surface area (Å²) < 4.78 is 11.6. The van der Waals surface area contributed by atoms with Crippen LogP contribution >= 0.6 is 11.6 Å². The number of allylic oxidation sites excluding steroid dienone is 2. The van der Waals surface area contributed by atoms with Crippen LogP contribution in [0, 0.1) is 0 Å². The third kappa shape index (κ3) is 7.78. The molecular weight excluding hydrogens is 422 g/mol. The maximum absolute atomic E-state index is 12.1. The van der Waals surface area contributed by atoms with Crippen LogP contribution in [0.5, 0.6) is 0 Å². The van der Waals surface area contributed by atoms with Crippen LogP contribution in [0.1, 0.15) is 47.5 Å². The van der Waals surface area contributed by atoms with E-state index in [1.165, 1.54) is 13.8 Å². The van der Waals surface area contributed by atoms with Crippen LogP contribution in [0.25, 0.3) is 0 Å². The minimum absolute atomic E-state index is 0.0317. The molecule has 2 aliphatic rings. The Hall–Kier alpha value is -2.19. The molecular formula is C22H33ClN3O5+. The van der Waals surface area contributed by atoms with Crippen molar-refractivity contribution >= 4 is 35.3 Å². The molecule has 2 rings (SSSR count). The van der Waals surface area contributed by atoms with Gasteiger partial charge in [0.1, 0.15) is 29.8 Å². The second-order valence-corrected chi connectivity index (χ2v) is 9.48. The van der Waals surface area contributed by atoms with Crippen molar-refractivity contribution in [1.82, 2.24) is 5.32 Å². The first kappa shape index (κ1) is 25.1. The van der Waals surface area contributed by atoms with Crippen molar-refractivity contribution in [2.45, 2.75) is 65.2 Å². The van der Waals surface area contributed by atoms with E-state index >= 15 is 0 Å². The first-order chi connectivity index (χ1) is 14.4. The van der Waals surface area contributed by atoms with Crippen LogP contribution in [0.3, 0.4) is 0 Å². The van der Waals surface area contributed by atoms with E-state index in [0.29, 0.717) is 43.5 Å². The zero-order chi connectivity index (χ0) is 23.2. The average Bonchev–Trinajstić information content (AvgIpc) is 3.05. The van der Waals surface area contributed by atoms with Gasteiger partial charge in [0.15, 0.2) is 6.10 Å².